The average Bonchev–Trinajstić information content (AvgIpc) is 4.04. The number of benzene rings is 11. The Balaban J connectivity index is 0.942. The molecular formula is C69H51NS. The summed E-state index contributed by atoms with van der Waals surface area (Å²) >= 11 is 1.87. The van der Waals surface area contributed by atoms with Gasteiger partial charge in [-0.15, -0.1) is 11.3 Å². The number of rotatable bonds is 7. The molecule has 14 rings (SSSR count). The highest BCUT2D eigenvalue weighted by atomic mass is 32.1. The second-order valence-corrected chi connectivity index (χ2v) is 21.5. The molecule has 0 N–H and O–H groups in total. The van der Waals surface area contributed by atoms with Crippen LogP contribution in [0.5, 0.6) is 0 Å². The van der Waals surface area contributed by atoms with Gasteiger partial charge in [-0.2, -0.15) is 0 Å². The maximum Gasteiger partial charge on any atom is 0.0726 e. The van der Waals surface area contributed by atoms with Crippen molar-refractivity contribution in [1.29, 1.82) is 0 Å². The number of hydrogen-bond donors (Lipinski definition) is 0. The highest BCUT2D eigenvalue weighted by molar-refractivity contribution is 7.25. The molecule has 2 aliphatic carbocycles. The molecule has 1 heterocycles. The van der Waals surface area contributed by atoms with Gasteiger partial charge in [-0.3, -0.25) is 0 Å². The molecule has 0 radical (unpaired) electrons. The standard InChI is InChI=1S/C69H51NS/c1-42(2)46-28-33-56-57-34-29-47(43(3)4)40-64(57)69(63(56)39-46)61-16-9-7-15-59(61)68-62(69)17-11-18-65(68)70(55-32-35-67-60(41-55)58-14-8-10-19-66(58)71-67)54-30-26-45(27-31-54)49-22-23-52-38-53(25-24-51(52)37-49)50-21-20-44-12-5-6-13-48(44)36-50/h5-43H,1-4H3. The average molecular weight is 926 g/mol. The molecule has 338 valence electrons. The molecule has 0 fully saturated rings. The van der Waals surface area contributed by atoms with Gasteiger partial charge >= 0.3 is 0 Å². The Morgan fingerprint density at radius 3 is 1.58 bits per heavy atom. The molecular weight excluding hydrogens is 875 g/mol. The Morgan fingerprint density at radius 1 is 0.352 bits per heavy atom. The van der Waals surface area contributed by atoms with Crippen LogP contribution in [0.25, 0.3) is 86.2 Å². The van der Waals surface area contributed by atoms with Gasteiger partial charge in [0.25, 0.3) is 0 Å². The zero-order chi connectivity index (χ0) is 47.5. The Bertz CT molecular complexity index is 4070. The summed E-state index contributed by atoms with van der Waals surface area (Å²) in [6.07, 6.45) is 0. The van der Waals surface area contributed by atoms with E-state index in [-0.39, 0.29) is 0 Å². The molecule has 1 nitrogen and oxygen atoms in total. The van der Waals surface area contributed by atoms with E-state index < -0.39 is 5.41 Å². The fraction of sp³-hybridized carbons (Fsp3) is 0.101. The van der Waals surface area contributed by atoms with Crippen LogP contribution >= 0.6 is 11.3 Å². The van der Waals surface area contributed by atoms with E-state index in [2.05, 4.69) is 257 Å². The fourth-order valence-corrected chi connectivity index (χ4v) is 13.3. The molecule has 0 saturated heterocycles. The van der Waals surface area contributed by atoms with Gasteiger partial charge in [0.2, 0.25) is 0 Å². The molecule has 2 heteroatoms. The lowest BCUT2D eigenvalue weighted by Crippen LogP contribution is -2.26. The molecule has 11 aromatic carbocycles. The van der Waals surface area contributed by atoms with Crippen molar-refractivity contribution in [2.75, 3.05) is 4.90 Å². The lowest BCUT2D eigenvalue weighted by atomic mass is 9.69. The third-order valence-electron chi connectivity index (χ3n) is 15.8. The Hall–Kier alpha value is -8.04. The molecule has 0 amide bonds. The second kappa shape index (κ2) is 16.0. The van der Waals surface area contributed by atoms with Crippen LogP contribution in [0.1, 0.15) is 72.9 Å². The summed E-state index contributed by atoms with van der Waals surface area (Å²) in [5.74, 6) is 0.805. The molecule has 0 saturated carbocycles. The van der Waals surface area contributed by atoms with E-state index in [9.17, 15) is 0 Å². The summed E-state index contributed by atoms with van der Waals surface area (Å²) in [6, 6.07) is 85.4. The van der Waals surface area contributed by atoms with E-state index >= 15 is 0 Å². The van der Waals surface area contributed by atoms with Crippen molar-refractivity contribution in [3.8, 4) is 44.5 Å². The van der Waals surface area contributed by atoms with Crippen LogP contribution < -0.4 is 4.90 Å². The lowest BCUT2D eigenvalue weighted by molar-refractivity contribution is 0.777. The molecule has 71 heavy (non-hydrogen) atoms. The number of nitrogens with zero attached hydrogens (tertiary/aromatic N) is 1. The van der Waals surface area contributed by atoms with Crippen LogP contribution in [0.3, 0.4) is 0 Å². The normalized spacial score (nSPS) is 13.2. The second-order valence-electron chi connectivity index (χ2n) is 20.4. The van der Waals surface area contributed by atoms with Gasteiger partial charge in [-0.05, 0) is 166 Å². The van der Waals surface area contributed by atoms with Crippen LogP contribution in [0.2, 0.25) is 0 Å². The predicted molar refractivity (Wildman–Crippen MR) is 304 cm³/mol. The fourth-order valence-electron chi connectivity index (χ4n) is 12.2. The van der Waals surface area contributed by atoms with Crippen LogP contribution in [0, 0.1) is 0 Å². The summed E-state index contributed by atoms with van der Waals surface area (Å²) in [6.45, 7) is 9.28. The number of anilines is 3. The first kappa shape index (κ1) is 41.9. The van der Waals surface area contributed by atoms with Crippen molar-refractivity contribution in [1.82, 2.24) is 0 Å². The monoisotopic (exact) mass is 925 g/mol. The summed E-state index contributed by atoms with van der Waals surface area (Å²) in [7, 11) is 0. The van der Waals surface area contributed by atoms with Crippen LogP contribution in [-0.4, -0.2) is 0 Å². The maximum atomic E-state index is 2.54. The van der Waals surface area contributed by atoms with Crippen molar-refractivity contribution in [2.45, 2.75) is 44.9 Å². The molecule has 12 aromatic rings. The van der Waals surface area contributed by atoms with Crippen LogP contribution in [0.15, 0.2) is 224 Å². The molecule has 0 atom stereocenters. The summed E-state index contributed by atoms with van der Waals surface area (Å²) in [5, 5.41) is 7.59. The van der Waals surface area contributed by atoms with Crippen molar-refractivity contribution >= 4 is 70.1 Å². The molecule has 0 aliphatic heterocycles. The molecule has 2 aliphatic rings. The lowest BCUT2D eigenvalue weighted by Gasteiger charge is -2.32. The Labute approximate surface area is 420 Å². The third-order valence-corrected chi connectivity index (χ3v) is 17.0. The highest BCUT2D eigenvalue weighted by Crippen LogP contribution is 2.65. The minimum Gasteiger partial charge on any atom is -0.310 e. The summed E-state index contributed by atoms with van der Waals surface area (Å²) in [5.41, 5.74) is 21.4. The zero-order valence-electron chi connectivity index (χ0n) is 40.4. The van der Waals surface area contributed by atoms with Crippen molar-refractivity contribution < 1.29 is 0 Å². The summed E-state index contributed by atoms with van der Waals surface area (Å²) in [4.78, 5) is 2.53. The zero-order valence-corrected chi connectivity index (χ0v) is 41.2. The third kappa shape index (κ3) is 6.37. The van der Waals surface area contributed by atoms with E-state index in [4.69, 9.17) is 0 Å². The van der Waals surface area contributed by atoms with E-state index in [0.29, 0.717) is 11.8 Å². The van der Waals surface area contributed by atoms with Gasteiger partial charge in [0, 0.05) is 37.1 Å². The predicted octanol–water partition coefficient (Wildman–Crippen LogP) is 19.8. The van der Waals surface area contributed by atoms with E-state index in [0.717, 1.165) is 11.4 Å². The Morgan fingerprint density at radius 2 is 0.887 bits per heavy atom. The van der Waals surface area contributed by atoms with Crippen molar-refractivity contribution in [3.05, 3.63) is 258 Å². The number of hydrogen-bond acceptors (Lipinski definition) is 2. The largest absolute Gasteiger partial charge is 0.310 e. The van der Waals surface area contributed by atoms with Crippen LogP contribution in [-0.2, 0) is 5.41 Å². The van der Waals surface area contributed by atoms with Gasteiger partial charge < -0.3 is 4.90 Å². The minimum absolute atomic E-state index is 0.403. The highest BCUT2D eigenvalue weighted by Gasteiger charge is 2.53. The smallest absolute Gasteiger partial charge is 0.0726 e. The molecule has 1 aromatic heterocycles. The summed E-state index contributed by atoms with van der Waals surface area (Å²) < 4.78 is 2.61. The molecule has 0 bridgehead atoms. The van der Waals surface area contributed by atoms with E-state index in [1.165, 1.54) is 125 Å². The number of fused-ring (bicyclic) bond motifs is 15. The van der Waals surface area contributed by atoms with Crippen LogP contribution in [0.4, 0.5) is 17.1 Å². The minimum atomic E-state index is -0.474. The molecule has 1 spiro atoms. The van der Waals surface area contributed by atoms with Gasteiger partial charge in [-0.1, -0.05) is 191 Å². The first-order valence-electron chi connectivity index (χ1n) is 25.2. The maximum absolute atomic E-state index is 2.54. The van der Waals surface area contributed by atoms with E-state index in [1.54, 1.807) is 0 Å². The van der Waals surface area contributed by atoms with Crippen molar-refractivity contribution in [2.24, 2.45) is 0 Å². The SMILES string of the molecule is CC(C)c1ccc2c(c1)C1(c3cc(C(C)C)ccc3-2)c2ccccc2-c2c(N(c3ccc(-c4ccc5cc(-c6ccc7ccccc7c6)ccc5c4)cc3)c3ccc4sc5ccccc5c4c3)cccc21. The number of thiophene rings is 1. The van der Waals surface area contributed by atoms with Crippen molar-refractivity contribution in [3.63, 3.8) is 0 Å². The first-order chi connectivity index (χ1) is 34.8. The Kier molecular flexibility index (Phi) is 9.44. The van der Waals surface area contributed by atoms with Gasteiger partial charge in [0.15, 0.2) is 0 Å². The first-order valence-corrected chi connectivity index (χ1v) is 26.0. The van der Waals surface area contributed by atoms with E-state index in [1.807, 2.05) is 11.3 Å². The van der Waals surface area contributed by atoms with Gasteiger partial charge in [-0.25, -0.2) is 0 Å². The molecule has 0 unspecified atom stereocenters. The quantitative estimate of drug-likeness (QED) is 0.154. The van der Waals surface area contributed by atoms with Gasteiger partial charge in [0.05, 0.1) is 11.1 Å². The van der Waals surface area contributed by atoms with Gasteiger partial charge in [0.1, 0.15) is 0 Å². The topological polar surface area (TPSA) is 3.24 Å².